The Bertz CT molecular complexity index is 721. The predicted molar refractivity (Wildman–Crippen MR) is 80.9 cm³/mol. The fourth-order valence-electron chi connectivity index (χ4n) is 2.71. The molecule has 7 heteroatoms. The maximum absolute atomic E-state index is 9.79. The molecule has 118 valence electrons. The molecule has 0 aromatic carbocycles. The molecule has 0 saturated heterocycles. The van der Waals surface area contributed by atoms with Gasteiger partial charge >= 0.3 is 5.95 Å². The number of azo groups is 1. The standard InChI is InChI=1S/C15H21N5O2/c1-15(2,3)12-11(13(21)22-19-12)17-18-14-16-9-7-5-6-8-10(9)20(14)4/h21H,5-8H2,1-4H3. The number of imidazole rings is 1. The highest BCUT2D eigenvalue weighted by atomic mass is 16.5. The number of hydrogen-bond donors (Lipinski definition) is 1. The van der Waals surface area contributed by atoms with Crippen molar-refractivity contribution in [2.75, 3.05) is 0 Å². The molecule has 2 heterocycles. The maximum Gasteiger partial charge on any atom is 0.337 e. The molecule has 0 fully saturated rings. The smallest absolute Gasteiger partial charge is 0.337 e. The molecule has 0 spiro atoms. The van der Waals surface area contributed by atoms with Crippen LogP contribution in [0.5, 0.6) is 5.95 Å². The van der Waals surface area contributed by atoms with E-state index in [0.717, 1.165) is 18.5 Å². The van der Waals surface area contributed by atoms with Crippen molar-refractivity contribution in [2.45, 2.75) is 51.9 Å². The number of aryl methyl sites for hydroxylation is 1. The third-order valence-corrected chi connectivity index (χ3v) is 3.95. The monoisotopic (exact) mass is 303 g/mol. The Kier molecular flexibility index (Phi) is 3.50. The summed E-state index contributed by atoms with van der Waals surface area (Å²) in [6.07, 6.45) is 4.37. The van der Waals surface area contributed by atoms with E-state index in [1.54, 1.807) is 0 Å². The van der Waals surface area contributed by atoms with Crippen LogP contribution >= 0.6 is 0 Å². The Labute approximate surface area is 129 Å². The molecule has 7 nitrogen and oxygen atoms in total. The van der Waals surface area contributed by atoms with E-state index in [2.05, 4.69) is 20.4 Å². The van der Waals surface area contributed by atoms with Crippen LogP contribution < -0.4 is 0 Å². The van der Waals surface area contributed by atoms with E-state index in [1.807, 2.05) is 32.4 Å². The number of aromatic nitrogens is 3. The molecule has 3 rings (SSSR count). The minimum atomic E-state index is -0.312. The zero-order valence-corrected chi connectivity index (χ0v) is 13.4. The van der Waals surface area contributed by atoms with E-state index < -0.39 is 0 Å². The van der Waals surface area contributed by atoms with Gasteiger partial charge in [0.1, 0.15) is 5.69 Å². The summed E-state index contributed by atoms with van der Waals surface area (Å²) in [7, 11) is 1.95. The summed E-state index contributed by atoms with van der Waals surface area (Å²) in [5.74, 6) is 0.236. The number of hydrogen-bond acceptors (Lipinski definition) is 6. The Morgan fingerprint density at radius 3 is 2.59 bits per heavy atom. The lowest BCUT2D eigenvalue weighted by Crippen LogP contribution is -2.11. The summed E-state index contributed by atoms with van der Waals surface area (Å²) >= 11 is 0. The summed E-state index contributed by atoms with van der Waals surface area (Å²) in [5.41, 5.74) is 2.89. The zero-order chi connectivity index (χ0) is 15.9. The van der Waals surface area contributed by atoms with E-state index in [-0.39, 0.29) is 17.0 Å². The lowest BCUT2D eigenvalue weighted by Gasteiger charge is -2.13. The van der Waals surface area contributed by atoms with Crippen molar-refractivity contribution in [3.63, 3.8) is 0 Å². The van der Waals surface area contributed by atoms with Gasteiger partial charge in [-0.25, -0.2) is 4.98 Å². The Hall–Kier alpha value is -2.18. The van der Waals surface area contributed by atoms with Gasteiger partial charge < -0.3 is 14.2 Å². The molecule has 2 aromatic rings. The molecule has 1 aliphatic carbocycles. The van der Waals surface area contributed by atoms with Crippen molar-refractivity contribution in [1.29, 1.82) is 0 Å². The third-order valence-electron chi connectivity index (χ3n) is 3.95. The van der Waals surface area contributed by atoms with Crippen LogP contribution in [0.3, 0.4) is 0 Å². The highest BCUT2D eigenvalue weighted by Crippen LogP contribution is 2.38. The van der Waals surface area contributed by atoms with Gasteiger partial charge in [0.05, 0.1) is 5.69 Å². The SMILES string of the molecule is Cn1c(N=Nc2c(C(C)(C)C)noc2O)nc2c1CCCC2. The lowest BCUT2D eigenvalue weighted by molar-refractivity contribution is 0.273. The summed E-state index contributed by atoms with van der Waals surface area (Å²) in [6, 6.07) is 0. The van der Waals surface area contributed by atoms with Crippen molar-refractivity contribution < 1.29 is 9.63 Å². The van der Waals surface area contributed by atoms with E-state index in [0.29, 0.717) is 11.6 Å². The number of nitrogens with zero attached hydrogens (tertiary/aromatic N) is 5. The van der Waals surface area contributed by atoms with Crippen LogP contribution in [-0.2, 0) is 25.3 Å². The van der Waals surface area contributed by atoms with E-state index in [9.17, 15) is 5.11 Å². The minimum Gasteiger partial charge on any atom is -0.478 e. The molecule has 0 amide bonds. The summed E-state index contributed by atoms with van der Waals surface area (Å²) < 4.78 is 6.82. The van der Waals surface area contributed by atoms with Crippen LogP contribution in [0.4, 0.5) is 11.6 Å². The fraction of sp³-hybridized carbons (Fsp3) is 0.600. The van der Waals surface area contributed by atoms with Crippen LogP contribution in [0, 0.1) is 0 Å². The molecule has 0 bridgehead atoms. The first-order valence-corrected chi connectivity index (χ1v) is 7.53. The number of fused-ring (bicyclic) bond motifs is 1. The van der Waals surface area contributed by atoms with Crippen LogP contribution in [0.25, 0.3) is 0 Å². The van der Waals surface area contributed by atoms with Gasteiger partial charge in [-0.15, -0.1) is 10.2 Å². The van der Waals surface area contributed by atoms with Gasteiger partial charge in [-0.3, -0.25) is 0 Å². The van der Waals surface area contributed by atoms with Gasteiger partial charge in [-0.1, -0.05) is 25.9 Å². The molecule has 1 aliphatic rings. The second-order valence-electron chi connectivity index (χ2n) is 6.71. The van der Waals surface area contributed by atoms with Gasteiger partial charge in [0, 0.05) is 18.2 Å². The molecule has 0 atom stereocenters. The number of aromatic hydroxyl groups is 1. The van der Waals surface area contributed by atoms with Gasteiger partial charge in [-0.2, -0.15) is 0 Å². The van der Waals surface area contributed by atoms with Gasteiger partial charge in [0.25, 0.3) is 0 Å². The second kappa shape index (κ2) is 5.23. The van der Waals surface area contributed by atoms with E-state index >= 15 is 0 Å². The van der Waals surface area contributed by atoms with E-state index in [1.165, 1.54) is 18.5 Å². The molecule has 2 aromatic heterocycles. The Balaban J connectivity index is 1.96. The molecule has 0 aliphatic heterocycles. The Morgan fingerprint density at radius 2 is 1.91 bits per heavy atom. The average molecular weight is 303 g/mol. The molecule has 1 N–H and O–H groups in total. The molecule has 0 saturated carbocycles. The molecular weight excluding hydrogens is 282 g/mol. The molecular formula is C15H21N5O2. The van der Waals surface area contributed by atoms with Crippen LogP contribution in [-0.4, -0.2) is 19.8 Å². The van der Waals surface area contributed by atoms with Gasteiger partial charge in [-0.05, 0) is 25.7 Å². The first-order chi connectivity index (χ1) is 10.4. The molecule has 22 heavy (non-hydrogen) atoms. The van der Waals surface area contributed by atoms with Crippen molar-refractivity contribution in [1.82, 2.24) is 14.7 Å². The van der Waals surface area contributed by atoms with Gasteiger partial charge in [0.2, 0.25) is 5.95 Å². The van der Waals surface area contributed by atoms with Crippen molar-refractivity contribution in [3.8, 4) is 5.95 Å². The first-order valence-electron chi connectivity index (χ1n) is 7.53. The van der Waals surface area contributed by atoms with Gasteiger partial charge in [0.15, 0.2) is 5.69 Å². The van der Waals surface area contributed by atoms with Crippen molar-refractivity contribution >= 4 is 11.6 Å². The Morgan fingerprint density at radius 1 is 1.18 bits per heavy atom. The second-order valence-corrected chi connectivity index (χ2v) is 6.71. The summed E-state index contributed by atoms with van der Waals surface area (Å²) in [5, 5.41) is 22.0. The predicted octanol–water partition coefficient (Wildman–Crippen LogP) is 3.71. The molecule has 0 radical (unpaired) electrons. The van der Waals surface area contributed by atoms with Crippen LogP contribution in [0.2, 0.25) is 0 Å². The average Bonchev–Trinajstić information content (AvgIpc) is 2.98. The summed E-state index contributed by atoms with van der Waals surface area (Å²) in [6.45, 7) is 5.92. The highest BCUT2D eigenvalue weighted by Gasteiger charge is 2.27. The first kappa shape index (κ1) is 14.7. The third kappa shape index (κ3) is 2.51. The molecule has 0 unspecified atom stereocenters. The minimum absolute atomic E-state index is 0.272. The van der Waals surface area contributed by atoms with E-state index in [4.69, 9.17) is 4.52 Å². The quantitative estimate of drug-likeness (QED) is 0.856. The highest BCUT2D eigenvalue weighted by molar-refractivity contribution is 5.51. The summed E-state index contributed by atoms with van der Waals surface area (Å²) in [4.78, 5) is 4.54. The van der Waals surface area contributed by atoms with Crippen molar-refractivity contribution in [3.05, 3.63) is 17.1 Å². The number of rotatable bonds is 2. The topological polar surface area (TPSA) is 88.8 Å². The maximum atomic E-state index is 9.79. The van der Waals surface area contributed by atoms with Crippen LogP contribution in [0.1, 0.15) is 50.7 Å². The van der Waals surface area contributed by atoms with Crippen molar-refractivity contribution in [2.24, 2.45) is 17.3 Å². The zero-order valence-electron chi connectivity index (χ0n) is 13.4. The largest absolute Gasteiger partial charge is 0.478 e. The van der Waals surface area contributed by atoms with Crippen LogP contribution in [0.15, 0.2) is 14.8 Å². The lowest BCUT2D eigenvalue weighted by atomic mass is 9.91. The normalized spacial score (nSPS) is 15.5. The fourth-order valence-corrected chi connectivity index (χ4v) is 2.71.